The second kappa shape index (κ2) is 6.21. The van der Waals surface area contributed by atoms with E-state index in [1.807, 2.05) is 6.92 Å². The van der Waals surface area contributed by atoms with E-state index in [1.165, 1.54) is 30.1 Å². The summed E-state index contributed by atoms with van der Waals surface area (Å²) in [5, 5.41) is 2.78. The lowest BCUT2D eigenvalue weighted by molar-refractivity contribution is -0.118. The van der Waals surface area contributed by atoms with Gasteiger partial charge in [0, 0.05) is 22.8 Å². The molecule has 1 aromatic heterocycles. The zero-order chi connectivity index (χ0) is 16.4. The molecule has 1 aromatic carbocycles. The molecule has 2 aromatic rings. The highest BCUT2D eigenvalue weighted by Gasteiger charge is 2.22. The average molecular weight is 349 g/mol. The van der Waals surface area contributed by atoms with E-state index in [1.54, 1.807) is 24.4 Å². The van der Waals surface area contributed by atoms with Gasteiger partial charge in [0.15, 0.2) is 0 Å². The van der Waals surface area contributed by atoms with Gasteiger partial charge in [0.05, 0.1) is 22.5 Å². The number of rotatable bonds is 3. The number of hydrogen-bond acceptors (Lipinski definition) is 5. The lowest BCUT2D eigenvalue weighted by Gasteiger charge is -2.11. The third kappa shape index (κ3) is 3.48. The van der Waals surface area contributed by atoms with Crippen molar-refractivity contribution in [2.24, 2.45) is 5.92 Å². The van der Waals surface area contributed by atoms with E-state index in [0.29, 0.717) is 17.1 Å². The van der Waals surface area contributed by atoms with Crippen molar-refractivity contribution in [2.75, 3.05) is 15.8 Å². The molecule has 1 aliphatic rings. The Labute approximate surface area is 138 Å². The average Bonchev–Trinajstić information content (AvgIpc) is 2.67. The maximum absolute atomic E-state index is 12.5. The summed E-state index contributed by atoms with van der Waals surface area (Å²) in [5.74, 6) is 0.436. The molecule has 8 heteroatoms. The van der Waals surface area contributed by atoms with Gasteiger partial charge in [-0.3, -0.25) is 14.5 Å². The normalized spacial score (nSPS) is 17.8. The van der Waals surface area contributed by atoms with E-state index in [2.05, 4.69) is 15.0 Å². The number of nitrogens with zero attached hydrogens (tertiary/aromatic N) is 1. The van der Waals surface area contributed by atoms with Crippen LogP contribution in [0, 0.1) is 5.92 Å². The van der Waals surface area contributed by atoms with Crippen molar-refractivity contribution in [1.29, 1.82) is 0 Å². The number of carbonyl (C=O) groups is 1. The molecule has 1 aliphatic heterocycles. The molecule has 1 atom stereocenters. The van der Waals surface area contributed by atoms with Crippen LogP contribution < -0.4 is 10.0 Å². The zero-order valence-electron chi connectivity index (χ0n) is 12.3. The Balaban J connectivity index is 1.92. The van der Waals surface area contributed by atoms with Gasteiger partial charge in [0.25, 0.3) is 10.0 Å². The second-order valence-electron chi connectivity index (χ2n) is 5.21. The van der Waals surface area contributed by atoms with Crippen LogP contribution in [0.5, 0.6) is 0 Å². The van der Waals surface area contributed by atoms with Crippen LogP contribution in [0.3, 0.4) is 0 Å². The molecule has 6 nitrogen and oxygen atoms in total. The van der Waals surface area contributed by atoms with E-state index >= 15 is 0 Å². The maximum Gasteiger partial charge on any atom is 0.262 e. The van der Waals surface area contributed by atoms with Gasteiger partial charge in [-0.05, 0) is 30.3 Å². The van der Waals surface area contributed by atoms with Crippen molar-refractivity contribution in [2.45, 2.75) is 16.7 Å². The van der Waals surface area contributed by atoms with Gasteiger partial charge in [0.2, 0.25) is 5.91 Å². The summed E-state index contributed by atoms with van der Waals surface area (Å²) >= 11 is 1.54. The SMILES string of the molecule is C[C@@H]1CSc2ccc(S(=O)(=O)Nc3cccnc3)cc2NC1=O. The quantitative estimate of drug-likeness (QED) is 0.889. The third-order valence-electron chi connectivity index (χ3n) is 3.37. The van der Waals surface area contributed by atoms with Crippen LogP contribution in [0.1, 0.15) is 6.92 Å². The van der Waals surface area contributed by atoms with Crippen LogP contribution in [0.2, 0.25) is 0 Å². The minimum absolute atomic E-state index is 0.0931. The van der Waals surface area contributed by atoms with Gasteiger partial charge in [-0.25, -0.2) is 8.42 Å². The molecular weight excluding hydrogens is 334 g/mol. The molecule has 2 heterocycles. The van der Waals surface area contributed by atoms with Gasteiger partial charge in [-0.2, -0.15) is 0 Å². The Morgan fingerprint density at radius 2 is 2.17 bits per heavy atom. The fraction of sp³-hybridized carbons (Fsp3) is 0.200. The molecule has 0 saturated carbocycles. The first-order valence-electron chi connectivity index (χ1n) is 6.96. The van der Waals surface area contributed by atoms with Crippen molar-refractivity contribution in [1.82, 2.24) is 4.98 Å². The van der Waals surface area contributed by atoms with Gasteiger partial charge in [0.1, 0.15) is 0 Å². The molecule has 23 heavy (non-hydrogen) atoms. The molecule has 0 unspecified atom stereocenters. The number of benzene rings is 1. The molecule has 1 amide bonds. The lowest BCUT2D eigenvalue weighted by Crippen LogP contribution is -2.20. The van der Waals surface area contributed by atoms with Crippen LogP contribution in [-0.2, 0) is 14.8 Å². The number of aromatic nitrogens is 1. The highest BCUT2D eigenvalue weighted by Crippen LogP contribution is 2.34. The number of thioether (sulfide) groups is 1. The Hall–Kier alpha value is -2.06. The monoisotopic (exact) mass is 349 g/mol. The molecular formula is C15H15N3O3S2. The fourth-order valence-electron chi connectivity index (χ4n) is 2.08. The number of sulfonamides is 1. The molecule has 120 valence electrons. The number of fused-ring (bicyclic) bond motifs is 1. The molecule has 0 bridgehead atoms. The van der Waals surface area contributed by atoms with Crippen LogP contribution in [0.4, 0.5) is 11.4 Å². The summed E-state index contributed by atoms with van der Waals surface area (Å²) < 4.78 is 27.4. The Kier molecular flexibility index (Phi) is 4.27. The molecule has 0 aliphatic carbocycles. The molecule has 3 rings (SSSR count). The summed E-state index contributed by atoms with van der Waals surface area (Å²) in [7, 11) is -3.74. The number of hydrogen-bond donors (Lipinski definition) is 2. The molecule has 0 spiro atoms. The van der Waals surface area contributed by atoms with Crippen LogP contribution in [0.15, 0.2) is 52.5 Å². The zero-order valence-corrected chi connectivity index (χ0v) is 13.9. The summed E-state index contributed by atoms with van der Waals surface area (Å²) in [6.45, 7) is 1.84. The van der Waals surface area contributed by atoms with E-state index in [4.69, 9.17) is 0 Å². The highest BCUT2D eigenvalue weighted by molar-refractivity contribution is 7.99. The first-order chi connectivity index (χ1) is 11.0. The van der Waals surface area contributed by atoms with E-state index < -0.39 is 10.0 Å². The number of nitrogens with one attached hydrogen (secondary N) is 2. The number of anilines is 2. The van der Waals surface area contributed by atoms with Crippen molar-refractivity contribution in [3.8, 4) is 0 Å². The predicted molar refractivity (Wildman–Crippen MR) is 90.0 cm³/mol. The van der Waals surface area contributed by atoms with E-state index in [9.17, 15) is 13.2 Å². The van der Waals surface area contributed by atoms with Gasteiger partial charge in [-0.15, -0.1) is 11.8 Å². The maximum atomic E-state index is 12.5. The Morgan fingerprint density at radius 3 is 2.91 bits per heavy atom. The summed E-state index contributed by atoms with van der Waals surface area (Å²) in [6, 6.07) is 8.00. The van der Waals surface area contributed by atoms with Gasteiger partial charge >= 0.3 is 0 Å². The second-order valence-corrected chi connectivity index (χ2v) is 7.95. The van der Waals surface area contributed by atoms with E-state index in [-0.39, 0.29) is 16.7 Å². The Morgan fingerprint density at radius 1 is 1.35 bits per heavy atom. The van der Waals surface area contributed by atoms with Crippen LogP contribution >= 0.6 is 11.8 Å². The molecule has 0 fully saturated rings. The van der Waals surface area contributed by atoms with Gasteiger partial charge in [-0.1, -0.05) is 6.92 Å². The summed E-state index contributed by atoms with van der Waals surface area (Å²) in [5.41, 5.74) is 0.910. The minimum atomic E-state index is -3.74. The summed E-state index contributed by atoms with van der Waals surface area (Å²) in [6.07, 6.45) is 2.99. The lowest BCUT2D eigenvalue weighted by atomic mass is 10.2. The van der Waals surface area contributed by atoms with Crippen molar-refractivity contribution in [3.05, 3.63) is 42.7 Å². The van der Waals surface area contributed by atoms with Crippen LogP contribution in [0.25, 0.3) is 0 Å². The largest absolute Gasteiger partial charge is 0.325 e. The Bertz CT molecular complexity index is 838. The number of amides is 1. The van der Waals surface area contributed by atoms with Crippen molar-refractivity contribution >= 4 is 39.1 Å². The van der Waals surface area contributed by atoms with Crippen molar-refractivity contribution in [3.63, 3.8) is 0 Å². The third-order valence-corrected chi connectivity index (χ3v) is 6.08. The van der Waals surface area contributed by atoms with Crippen LogP contribution in [-0.4, -0.2) is 25.1 Å². The summed E-state index contributed by atoms with van der Waals surface area (Å²) in [4.78, 5) is 16.8. The van der Waals surface area contributed by atoms with E-state index in [0.717, 1.165) is 4.90 Å². The molecule has 0 radical (unpaired) electrons. The number of carbonyl (C=O) groups excluding carboxylic acids is 1. The minimum Gasteiger partial charge on any atom is -0.325 e. The highest BCUT2D eigenvalue weighted by atomic mass is 32.2. The van der Waals surface area contributed by atoms with Gasteiger partial charge < -0.3 is 5.32 Å². The van der Waals surface area contributed by atoms with Crippen molar-refractivity contribution < 1.29 is 13.2 Å². The first-order valence-corrected chi connectivity index (χ1v) is 9.43. The molecule has 2 N–H and O–H groups in total. The first kappa shape index (κ1) is 15.8. The molecule has 0 saturated heterocycles. The standard InChI is InChI=1S/C15H15N3O3S2/c1-10-9-22-14-5-4-12(7-13(14)17-15(10)19)23(20,21)18-11-3-2-6-16-8-11/h2-8,10,18H,9H2,1H3,(H,17,19)/t10-/m1/s1. The fourth-order valence-corrected chi connectivity index (χ4v) is 4.16. The predicted octanol–water partition coefficient (Wildman–Crippen LogP) is 2.56. The number of pyridine rings is 1. The topological polar surface area (TPSA) is 88.2 Å². The smallest absolute Gasteiger partial charge is 0.262 e.